The molecule has 8 heteroatoms. The quantitative estimate of drug-likeness (QED) is 0.304. The summed E-state index contributed by atoms with van der Waals surface area (Å²) < 4.78 is 27.1. The zero-order valence-corrected chi connectivity index (χ0v) is 19.9. The summed E-state index contributed by atoms with van der Waals surface area (Å²) in [6.45, 7) is 8.32. The van der Waals surface area contributed by atoms with Crippen molar-refractivity contribution >= 4 is 35.8 Å². The highest BCUT2D eigenvalue weighted by molar-refractivity contribution is 14.0. The number of benzene rings is 2. The van der Waals surface area contributed by atoms with E-state index in [1.807, 2.05) is 32.9 Å². The Labute approximate surface area is 194 Å². The third-order valence-electron chi connectivity index (χ3n) is 4.47. The molecule has 0 spiro atoms. The summed E-state index contributed by atoms with van der Waals surface area (Å²) in [5.74, 6) is -0.440. The molecular formula is C22H29F2IN4O. The van der Waals surface area contributed by atoms with Crippen LogP contribution in [0.1, 0.15) is 42.3 Å². The smallest absolute Gasteiger partial charge is 0.253 e. The third-order valence-corrected chi connectivity index (χ3v) is 4.47. The lowest BCUT2D eigenvalue weighted by Crippen LogP contribution is -2.37. The maximum absolute atomic E-state index is 13.8. The van der Waals surface area contributed by atoms with Crippen LogP contribution in [0.3, 0.4) is 0 Å². The fraction of sp³-hybridized carbons (Fsp3) is 0.364. The molecule has 164 valence electrons. The Morgan fingerprint density at radius 3 is 2.27 bits per heavy atom. The van der Waals surface area contributed by atoms with Gasteiger partial charge in [-0.3, -0.25) is 4.79 Å². The van der Waals surface area contributed by atoms with E-state index in [9.17, 15) is 13.6 Å². The third kappa shape index (κ3) is 7.55. The average Bonchev–Trinajstić information content (AvgIpc) is 2.73. The second kappa shape index (κ2) is 13.1. The zero-order valence-electron chi connectivity index (χ0n) is 17.5. The van der Waals surface area contributed by atoms with E-state index >= 15 is 0 Å². The van der Waals surface area contributed by atoms with Gasteiger partial charge in [0, 0.05) is 37.3 Å². The number of nitrogens with one attached hydrogen (secondary N) is 2. The Morgan fingerprint density at radius 1 is 1.00 bits per heavy atom. The van der Waals surface area contributed by atoms with Gasteiger partial charge < -0.3 is 15.5 Å². The largest absolute Gasteiger partial charge is 0.357 e. The monoisotopic (exact) mass is 530 g/mol. The topological polar surface area (TPSA) is 56.7 Å². The van der Waals surface area contributed by atoms with Gasteiger partial charge in [0.1, 0.15) is 11.6 Å². The molecule has 0 fully saturated rings. The fourth-order valence-corrected chi connectivity index (χ4v) is 2.82. The SMILES string of the molecule is CCNC(=NCc1ccc(C(=O)N(CC)CC)cc1)NCc1cc(F)ccc1F.I. The maximum atomic E-state index is 13.8. The molecule has 1 amide bonds. The first-order valence-corrected chi connectivity index (χ1v) is 9.82. The van der Waals surface area contributed by atoms with E-state index in [-0.39, 0.29) is 42.0 Å². The van der Waals surface area contributed by atoms with E-state index < -0.39 is 11.6 Å². The van der Waals surface area contributed by atoms with Crippen LogP contribution in [0.4, 0.5) is 8.78 Å². The normalized spacial score (nSPS) is 10.9. The van der Waals surface area contributed by atoms with Gasteiger partial charge in [-0.25, -0.2) is 13.8 Å². The van der Waals surface area contributed by atoms with Gasteiger partial charge in [0.15, 0.2) is 5.96 Å². The molecule has 0 aliphatic carbocycles. The minimum atomic E-state index is -0.482. The van der Waals surface area contributed by atoms with Gasteiger partial charge in [0.05, 0.1) is 6.54 Å². The Hall–Kier alpha value is -2.23. The van der Waals surface area contributed by atoms with Crippen LogP contribution < -0.4 is 10.6 Å². The average molecular weight is 530 g/mol. The molecule has 2 N–H and O–H groups in total. The Kier molecular flexibility index (Phi) is 11.3. The molecule has 0 atom stereocenters. The summed E-state index contributed by atoms with van der Waals surface area (Å²) >= 11 is 0. The van der Waals surface area contributed by atoms with E-state index in [1.54, 1.807) is 17.0 Å². The zero-order chi connectivity index (χ0) is 21.2. The van der Waals surface area contributed by atoms with Gasteiger partial charge in [-0.05, 0) is 56.7 Å². The molecular weight excluding hydrogens is 501 g/mol. The van der Waals surface area contributed by atoms with Gasteiger partial charge in [-0.2, -0.15) is 0 Å². The van der Waals surface area contributed by atoms with Crippen molar-refractivity contribution in [1.82, 2.24) is 15.5 Å². The lowest BCUT2D eigenvalue weighted by atomic mass is 10.1. The number of carbonyl (C=O) groups excluding carboxylic acids is 1. The van der Waals surface area contributed by atoms with Crippen molar-refractivity contribution in [3.63, 3.8) is 0 Å². The molecule has 30 heavy (non-hydrogen) atoms. The van der Waals surface area contributed by atoms with Crippen molar-refractivity contribution in [2.24, 2.45) is 4.99 Å². The highest BCUT2D eigenvalue weighted by atomic mass is 127. The number of hydrogen-bond donors (Lipinski definition) is 2. The first kappa shape index (κ1) is 25.8. The molecule has 2 aromatic carbocycles. The van der Waals surface area contributed by atoms with Crippen LogP contribution in [0.5, 0.6) is 0 Å². The van der Waals surface area contributed by atoms with E-state index in [2.05, 4.69) is 15.6 Å². The summed E-state index contributed by atoms with van der Waals surface area (Å²) in [6.07, 6.45) is 0. The summed E-state index contributed by atoms with van der Waals surface area (Å²) in [5.41, 5.74) is 1.82. The van der Waals surface area contributed by atoms with Gasteiger partial charge in [-0.1, -0.05) is 12.1 Å². The van der Waals surface area contributed by atoms with Gasteiger partial charge >= 0.3 is 0 Å². The minimum absolute atomic E-state index is 0. The Bertz CT molecular complexity index is 840. The maximum Gasteiger partial charge on any atom is 0.253 e. The molecule has 5 nitrogen and oxygen atoms in total. The number of hydrogen-bond acceptors (Lipinski definition) is 2. The first-order valence-electron chi connectivity index (χ1n) is 9.82. The van der Waals surface area contributed by atoms with Crippen LogP contribution in [0, 0.1) is 11.6 Å². The van der Waals surface area contributed by atoms with E-state index in [4.69, 9.17) is 0 Å². The number of carbonyl (C=O) groups is 1. The predicted octanol–water partition coefficient (Wildman–Crippen LogP) is 4.32. The standard InChI is InChI=1S/C22H28F2N4O.HI/c1-4-25-22(27-15-18-13-19(23)11-12-20(18)24)26-14-16-7-9-17(10-8-16)21(29)28(5-2)6-3;/h7-13H,4-6,14-15H2,1-3H3,(H2,25,26,27);1H. The molecule has 0 bridgehead atoms. The van der Waals surface area contributed by atoms with Crippen molar-refractivity contribution in [3.05, 3.63) is 70.8 Å². The molecule has 0 saturated heterocycles. The predicted molar refractivity (Wildman–Crippen MR) is 127 cm³/mol. The number of aliphatic imine (C=N–C) groups is 1. The molecule has 2 rings (SSSR count). The van der Waals surface area contributed by atoms with Crippen LogP contribution in [0.25, 0.3) is 0 Å². The summed E-state index contributed by atoms with van der Waals surface area (Å²) in [7, 11) is 0. The molecule has 0 radical (unpaired) electrons. The van der Waals surface area contributed by atoms with Crippen LogP contribution in [0.15, 0.2) is 47.5 Å². The number of amides is 1. The van der Waals surface area contributed by atoms with Crippen LogP contribution >= 0.6 is 24.0 Å². The molecule has 0 aliphatic heterocycles. The molecule has 0 unspecified atom stereocenters. The van der Waals surface area contributed by atoms with Crippen LogP contribution in [0.2, 0.25) is 0 Å². The number of rotatable bonds is 8. The highest BCUT2D eigenvalue weighted by Crippen LogP contribution is 2.10. The number of nitrogens with zero attached hydrogens (tertiary/aromatic N) is 2. The van der Waals surface area contributed by atoms with Crippen molar-refractivity contribution in [3.8, 4) is 0 Å². The van der Waals surface area contributed by atoms with Crippen molar-refractivity contribution in [2.75, 3.05) is 19.6 Å². The molecule has 0 heterocycles. The Morgan fingerprint density at radius 2 is 1.67 bits per heavy atom. The second-order valence-electron chi connectivity index (χ2n) is 6.46. The first-order chi connectivity index (χ1) is 14.0. The van der Waals surface area contributed by atoms with E-state index in [0.717, 1.165) is 23.8 Å². The summed E-state index contributed by atoms with van der Waals surface area (Å²) in [4.78, 5) is 18.6. The summed E-state index contributed by atoms with van der Waals surface area (Å²) in [6, 6.07) is 10.7. The fourth-order valence-electron chi connectivity index (χ4n) is 2.82. The van der Waals surface area contributed by atoms with Crippen LogP contribution in [-0.2, 0) is 13.1 Å². The second-order valence-corrected chi connectivity index (χ2v) is 6.46. The lowest BCUT2D eigenvalue weighted by Gasteiger charge is -2.18. The molecule has 0 saturated carbocycles. The van der Waals surface area contributed by atoms with E-state index in [1.165, 1.54) is 0 Å². The van der Waals surface area contributed by atoms with Gasteiger partial charge in [-0.15, -0.1) is 24.0 Å². The van der Waals surface area contributed by atoms with Crippen LogP contribution in [-0.4, -0.2) is 36.4 Å². The molecule has 2 aromatic rings. The number of halogens is 3. The van der Waals surface area contributed by atoms with Crippen molar-refractivity contribution in [2.45, 2.75) is 33.9 Å². The molecule has 0 aromatic heterocycles. The molecule has 0 aliphatic rings. The van der Waals surface area contributed by atoms with Crippen molar-refractivity contribution in [1.29, 1.82) is 0 Å². The van der Waals surface area contributed by atoms with Crippen molar-refractivity contribution < 1.29 is 13.6 Å². The van der Waals surface area contributed by atoms with E-state index in [0.29, 0.717) is 37.7 Å². The number of guanidine groups is 1. The summed E-state index contributed by atoms with van der Waals surface area (Å²) in [5, 5.41) is 6.09. The Balaban J connectivity index is 0.00000450. The lowest BCUT2D eigenvalue weighted by molar-refractivity contribution is 0.0773. The van der Waals surface area contributed by atoms with Gasteiger partial charge in [0.25, 0.3) is 5.91 Å². The highest BCUT2D eigenvalue weighted by Gasteiger charge is 2.12. The van der Waals surface area contributed by atoms with Gasteiger partial charge in [0.2, 0.25) is 0 Å². The minimum Gasteiger partial charge on any atom is -0.357 e.